The Kier molecular flexibility index (Phi) is 5.80. The first kappa shape index (κ1) is 19.0. The fourth-order valence-electron chi connectivity index (χ4n) is 2.68. The van der Waals surface area contributed by atoms with E-state index in [0.717, 1.165) is 27.9 Å². The highest BCUT2D eigenvalue weighted by atomic mass is 32.2. The number of nitrogens with one attached hydrogen (secondary N) is 1. The maximum atomic E-state index is 12.0. The van der Waals surface area contributed by atoms with Gasteiger partial charge < -0.3 is 14.8 Å². The molecule has 142 valence electrons. The fraction of sp³-hybridized carbons (Fsp3) is 0.333. The minimum atomic E-state index is -0.459. The molecular formula is C18H20N4O4S. The van der Waals surface area contributed by atoms with Gasteiger partial charge in [0.25, 0.3) is 0 Å². The lowest BCUT2D eigenvalue weighted by Gasteiger charge is -2.08. The van der Waals surface area contributed by atoms with Crippen LogP contribution in [-0.4, -0.2) is 52.5 Å². The van der Waals surface area contributed by atoms with E-state index in [0.29, 0.717) is 5.16 Å². The Labute approximate surface area is 160 Å². The number of aromatic nitrogens is 3. The van der Waals surface area contributed by atoms with Crippen molar-refractivity contribution in [3.63, 3.8) is 0 Å². The van der Waals surface area contributed by atoms with Gasteiger partial charge in [0.05, 0.1) is 25.0 Å². The van der Waals surface area contributed by atoms with Crippen molar-refractivity contribution in [3.8, 4) is 5.75 Å². The minimum absolute atomic E-state index is 0.117. The van der Waals surface area contributed by atoms with Crippen LogP contribution in [-0.2, 0) is 14.3 Å². The molecule has 0 aliphatic carbocycles. The molecule has 0 atom stereocenters. The molecule has 0 saturated carbocycles. The van der Waals surface area contributed by atoms with Crippen LogP contribution in [0.15, 0.2) is 29.4 Å². The van der Waals surface area contributed by atoms with E-state index in [1.54, 1.807) is 14.0 Å². The number of aryl methyl sites for hydroxylation is 1. The van der Waals surface area contributed by atoms with Crippen LogP contribution in [0.5, 0.6) is 5.75 Å². The van der Waals surface area contributed by atoms with Crippen LogP contribution in [0, 0.1) is 6.92 Å². The van der Waals surface area contributed by atoms with Gasteiger partial charge in [0.1, 0.15) is 12.3 Å². The van der Waals surface area contributed by atoms with Gasteiger partial charge in [-0.05, 0) is 43.7 Å². The van der Waals surface area contributed by atoms with E-state index in [1.807, 2.05) is 35.6 Å². The zero-order valence-electron chi connectivity index (χ0n) is 15.3. The Morgan fingerprint density at radius 3 is 2.81 bits per heavy atom. The third-order valence-corrected chi connectivity index (χ3v) is 4.83. The standard InChI is InChI=1S/C18H20N4O4S/c1-4-26-16(24)9-19-15(23)10-27-18-21-20-17-11(2)7-12-8-13(25-3)5-6-14(12)22(17)18/h5-8H,4,9-10H2,1-3H3,(H,19,23). The first-order chi connectivity index (χ1) is 13.0. The van der Waals surface area contributed by atoms with E-state index in [4.69, 9.17) is 9.47 Å². The molecule has 0 aliphatic rings. The van der Waals surface area contributed by atoms with Crippen molar-refractivity contribution in [1.82, 2.24) is 19.9 Å². The summed E-state index contributed by atoms with van der Waals surface area (Å²) in [5, 5.41) is 12.6. The van der Waals surface area contributed by atoms with Gasteiger partial charge in [0.15, 0.2) is 10.8 Å². The summed E-state index contributed by atoms with van der Waals surface area (Å²) in [5.41, 5.74) is 2.64. The average Bonchev–Trinajstić information content (AvgIpc) is 3.09. The summed E-state index contributed by atoms with van der Waals surface area (Å²) in [7, 11) is 1.63. The molecule has 0 unspecified atom stereocenters. The summed E-state index contributed by atoms with van der Waals surface area (Å²) < 4.78 is 12.0. The fourth-order valence-corrected chi connectivity index (χ4v) is 3.45. The van der Waals surface area contributed by atoms with Gasteiger partial charge in [-0.2, -0.15) is 0 Å². The number of amides is 1. The molecule has 2 heterocycles. The third kappa shape index (κ3) is 4.13. The number of carbonyl (C=O) groups excluding carboxylic acids is 2. The molecular weight excluding hydrogens is 368 g/mol. The third-order valence-electron chi connectivity index (χ3n) is 3.90. The smallest absolute Gasteiger partial charge is 0.325 e. The molecule has 1 aromatic carbocycles. The predicted octanol–water partition coefficient (Wildman–Crippen LogP) is 1.97. The molecule has 1 N–H and O–H groups in total. The Morgan fingerprint density at radius 1 is 1.26 bits per heavy atom. The monoisotopic (exact) mass is 388 g/mol. The van der Waals surface area contributed by atoms with Gasteiger partial charge in [0.2, 0.25) is 5.91 Å². The van der Waals surface area contributed by atoms with E-state index >= 15 is 0 Å². The number of rotatable bonds is 7. The molecule has 0 radical (unpaired) electrons. The van der Waals surface area contributed by atoms with Crippen molar-refractivity contribution >= 4 is 40.2 Å². The number of benzene rings is 1. The highest BCUT2D eigenvalue weighted by Gasteiger charge is 2.14. The molecule has 3 rings (SSSR count). The first-order valence-corrected chi connectivity index (χ1v) is 9.39. The number of thioether (sulfide) groups is 1. The highest BCUT2D eigenvalue weighted by Crippen LogP contribution is 2.27. The quantitative estimate of drug-likeness (QED) is 0.488. The number of hydrogen-bond donors (Lipinski definition) is 1. The van der Waals surface area contributed by atoms with Crippen LogP contribution in [0.1, 0.15) is 12.5 Å². The summed E-state index contributed by atoms with van der Waals surface area (Å²) in [6.07, 6.45) is 0. The number of pyridine rings is 1. The molecule has 0 spiro atoms. The summed E-state index contributed by atoms with van der Waals surface area (Å²) in [4.78, 5) is 23.3. The van der Waals surface area contributed by atoms with Crippen molar-refractivity contribution < 1.29 is 19.1 Å². The summed E-state index contributed by atoms with van der Waals surface area (Å²) in [6, 6.07) is 7.79. The topological polar surface area (TPSA) is 94.8 Å². The van der Waals surface area contributed by atoms with Gasteiger partial charge in [-0.1, -0.05) is 11.8 Å². The Bertz CT molecular complexity index is 1000. The van der Waals surface area contributed by atoms with Crippen molar-refractivity contribution in [1.29, 1.82) is 0 Å². The number of fused-ring (bicyclic) bond motifs is 3. The molecule has 9 heteroatoms. The number of hydrogen-bond acceptors (Lipinski definition) is 7. The average molecular weight is 388 g/mol. The van der Waals surface area contributed by atoms with Crippen LogP contribution in [0.25, 0.3) is 16.6 Å². The van der Waals surface area contributed by atoms with Crippen molar-refractivity contribution in [2.45, 2.75) is 19.0 Å². The molecule has 1 amide bonds. The molecule has 0 aliphatic heterocycles. The summed E-state index contributed by atoms with van der Waals surface area (Å²) >= 11 is 1.26. The van der Waals surface area contributed by atoms with E-state index in [1.165, 1.54) is 11.8 Å². The predicted molar refractivity (Wildman–Crippen MR) is 102 cm³/mol. The zero-order chi connectivity index (χ0) is 19.4. The maximum Gasteiger partial charge on any atom is 0.325 e. The first-order valence-electron chi connectivity index (χ1n) is 8.41. The Hall–Kier alpha value is -2.81. The molecule has 0 saturated heterocycles. The van der Waals surface area contributed by atoms with Gasteiger partial charge >= 0.3 is 5.97 Å². The summed E-state index contributed by atoms with van der Waals surface area (Å²) in [5.74, 6) is 0.149. The number of carbonyl (C=O) groups is 2. The Balaban J connectivity index is 1.81. The van der Waals surface area contributed by atoms with Crippen LogP contribution in [0.2, 0.25) is 0 Å². The minimum Gasteiger partial charge on any atom is -0.497 e. The van der Waals surface area contributed by atoms with Crippen LogP contribution in [0.3, 0.4) is 0 Å². The van der Waals surface area contributed by atoms with Crippen LogP contribution >= 0.6 is 11.8 Å². The van der Waals surface area contributed by atoms with E-state index < -0.39 is 5.97 Å². The van der Waals surface area contributed by atoms with Gasteiger partial charge in [0, 0.05) is 5.39 Å². The van der Waals surface area contributed by atoms with E-state index in [9.17, 15) is 9.59 Å². The van der Waals surface area contributed by atoms with Gasteiger partial charge in [-0.15, -0.1) is 10.2 Å². The summed E-state index contributed by atoms with van der Waals surface area (Å²) in [6.45, 7) is 3.82. The van der Waals surface area contributed by atoms with Crippen molar-refractivity contribution in [2.75, 3.05) is 26.0 Å². The lowest BCUT2D eigenvalue weighted by molar-refractivity contribution is -0.143. The molecule has 0 bridgehead atoms. The molecule has 27 heavy (non-hydrogen) atoms. The number of ether oxygens (including phenoxy) is 2. The van der Waals surface area contributed by atoms with Crippen molar-refractivity contribution in [2.24, 2.45) is 0 Å². The molecule has 3 aromatic rings. The normalized spacial score (nSPS) is 10.9. The van der Waals surface area contributed by atoms with Crippen LogP contribution < -0.4 is 10.1 Å². The second-order valence-electron chi connectivity index (χ2n) is 5.76. The van der Waals surface area contributed by atoms with E-state index in [2.05, 4.69) is 15.5 Å². The lowest BCUT2D eigenvalue weighted by atomic mass is 10.1. The van der Waals surface area contributed by atoms with E-state index in [-0.39, 0.29) is 24.8 Å². The maximum absolute atomic E-state index is 12.0. The number of esters is 1. The second kappa shape index (κ2) is 8.26. The second-order valence-corrected chi connectivity index (χ2v) is 6.71. The lowest BCUT2D eigenvalue weighted by Crippen LogP contribution is -2.31. The highest BCUT2D eigenvalue weighted by molar-refractivity contribution is 7.99. The molecule has 2 aromatic heterocycles. The molecule has 0 fully saturated rings. The Morgan fingerprint density at radius 2 is 2.07 bits per heavy atom. The SMILES string of the molecule is CCOC(=O)CNC(=O)CSc1nnc2c(C)cc3cc(OC)ccc3n12. The number of nitrogens with zero attached hydrogens (tertiary/aromatic N) is 3. The number of methoxy groups -OCH3 is 1. The van der Waals surface area contributed by atoms with Gasteiger partial charge in [-0.3, -0.25) is 14.0 Å². The van der Waals surface area contributed by atoms with Crippen LogP contribution in [0.4, 0.5) is 0 Å². The van der Waals surface area contributed by atoms with Crippen molar-refractivity contribution in [3.05, 3.63) is 29.8 Å². The zero-order valence-corrected chi connectivity index (χ0v) is 16.1. The molecule has 8 nitrogen and oxygen atoms in total. The van der Waals surface area contributed by atoms with Gasteiger partial charge in [-0.25, -0.2) is 0 Å². The largest absolute Gasteiger partial charge is 0.497 e.